The third-order valence-corrected chi connectivity index (χ3v) is 7.56. The number of hydrogen-bond acceptors (Lipinski definition) is 5. The van der Waals surface area contributed by atoms with Crippen LogP contribution in [-0.2, 0) is 9.59 Å². The van der Waals surface area contributed by atoms with Crippen molar-refractivity contribution in [2.45, 2.75) is 94.4 Å². The highest BCUT2D eigenvalue weighted by Crippen LogP contribution is 2.33. The van der Waals surface area contributed by atoms with Crippen LogP contribution < -0.4 is 21.3 Å². The third kappa shape index (κ3) is 11.5. The Hall–Kier alpha value is -2.13. The van der Waals surface area contributed by atoms with Gasteiger partial charge in [0, 0.05) is 48.4 Å². The van der Waals surface area contributed by atoms with E-state index in [2.05, 4.69) is 31.3 Å². The van der Waals surface area contributed by atoms with E-state index in [0.29, 0.717) is 37.7 Å². The normalized spacial score (nSPS) is 21.0. The summed E-state index contributed by atoms with van der Waals surface area (Å²) in [6.45, 7) is 1.91. The predicted octanol–water partition coefficient (Wildman–Crippen LogP) is 3.38. The van der Waals surface area contributed by atoms with E-state index in [1.54, 1.807) is 0 Å². The first-order valence-electron chi connectivity index (χ1n) is 12.3. The Morgan fingerprint density at radius 3 is 2.27 bits per heavy atom. The largest absolute Gasteiger partial charge is 0.356 e. The van der Waals surface area contributed by atoms with Crippen molar-refractivity contribution in [2.75, 3.05) is 25.4 Å². The molecule has 4 amide bonds. The second-order valence-corrected chi connectivity index (χ2v) is 10.0. The molecule has 2 rings (SSSR count). The minimum absolute atomic E-state index is 0.0537. The van der Waals surface area contributed by atoms with Gasteiger partial charge in [0.25, 0.3) is 0 Å². The molecule has 10 nitrogen and oxygen atoms in total. The number of azide groups is 1. The summed E-state index contributed by atoms with van der Waals surface area (Å²) in [7, 11) is 0. The Morgan fingerprint density at radius 2 is 1.58 bits per heavy atom. The van der Waals surface area contributed by atoms with E-state index in [1.807, 2.05) is 11.8 Å². The maximum atomic E-state index is 12.0. The summed E-state index contributed by atoms with van der Waals surface area (Å²) in [5.41, 5.74) is 8.19. The van der Waals surface area contributed by atoms with Crippen molar-refractivity contribution in [2.24, 2.45) is 5.11 Å². The van der Waals surface area contributed by atoms with Gasteiger partial charge in [-0.1, -0.05) is 30.8 Å². The number of hydrogen-bond donors (Lipinski definition) is 4. The third-order valence-electron chi connectivity index (χ3n) is 6.05. The second-order valence-electron chi connectivity index (χ2n) is 8.75. The maximum absolute atomic E-state index is 12.0. The maximum Gasteiger partial charge on any atom is 0.315 e. The lowest BCUT2D eigenvalue weighted by atomic mass is 10.0. The summed E-state index contributed by atoms with van der Waals surface area (Å²) in [5, 5.41) is 15.8. The minimum Gasteiger partial charge on any atom is -0.356 e. The van der Waals surface area contributed by atoms with Crippen LogP contribution in [0.25, 0.3) is 10.4 Å². The number of nitrogens with zero attached hydrogens (tertiary/aromatic N) is 3. The zero-order valence-electron chi connectivity index (χ0n) is 19.5. The van der Waals surface area contributed by atoms with Gasteiger partial charge in [0.05, 0.1) is 12.1 Å². The first-order chi connectivity index (χ1) is 16.1. The van der Waals surface area contributed by atoms with Crippen molar-refractivity contribution in [3.05, 3.63) is 10.4 Å². The van der Waals surface area contributed by atoms with E-state index >= 15 is 0 Å². The van der Waals surface area contributed by atoms with E-state index in [4.69, 9.17) is 5.53 Å². The average molecular weight is 482 g/mol. The SMILES string of the molecule is [N-]=[N+]=NCCCCCCNC(=O)CCCCCNC(=O)CCCC[C@@H]1SC[C@@H]2NC(=O)N[C@@H]21. The molecule has 0 aromatic carbocycles. The molecule has 2 heterocycles. The molecule has 2 saturated heterocycles. The Kier molecular flexibility index (Phi) is 13.5. The quantitative estimate of drug-likeness (QED) is 0.0780. The fourth-order valence-electron chi connectivity index (χ4n) is 4.20. The average Bonchev–Trinajstić information content (AvgIpc) is 3.34. The molecule has 2 aliphatic rings. The van der Waals surface area contributed by atoms with Gasteiger partial charge in [-0.05, 0) is 44.1 Å². The fourth-order valence-corrected chi connectivity index (χ4v) is 5.74. The molecule has 4 N–H and O–H groups in total. The molecule has 3 atom stereocenters. The molecule has 11 heteroatoms. The van der Waals surface area contributed by atoms with Gasteiger partial charge in [-0.25, -0.2) is 4.79 Å². The second kappa shape index (κ2) is 16.5. The molecule has 33 heavy (non-hydrogen) atoms. The van der Waals surface area contributed by atoms with E-state index < -0.39 is 0 Å². The number of rotatable bonds is 18. The van der Waals surface area contributed by atoms with E-state index in [0.717, 1.165) is 70.0 Å². The van der Waals surface area contributed by atoms with Gasteiger partial charge in [-0.3, -0.25) is 9.59 Å². The predicted molar refractivity (Wildman–Crippen MR) is 131 cm³/mol. The van der Waals surface area contributed by atoms with Crippen LogP contribution >= 0.6 is 11.8 Å². The Bertz CT molecular complexity index is 672. The summed E-state index contributed by atoms with van der Waals surface area (Å²) in [5.74, 6) is 1.16. The van der Waals surface area contributed by atoms with Crippen LogP contribution in [0.5, 0.6) is 0 Å². The summed E-state index contributed by atoms with van der Waals surface area (Å²) in [6, 6.07) is 0.441. The number of amides is 4. The highest BCUT2D eigenvalue weighted by molar-refractivity contribution is 8.00. The standard InChI is InChI=1S/C22H39N7O3S/c23-29-26-15-9-2-1-7-13-24-19(30)11-4-3-8-14-25-20(31)12-6-5-10-18-21-17(16-33-18)27-22(32)28-21/h17-18,21H,1-16H2,(H,24,30)(H,25,31)(H2,27,28,32)/t17-,18-,21-/m0/s1. The van der Waals surface area contributed by atoms with Crippen LogP contribution in [0, 0.1) is 0 Å². The van der Waals surface area contributed by atoms with Crippen LogP contribution in [0.2, 0.25) is 0 Å². The van der Waals surface area contributed by atoms with E-state index in [1.165, 1.54) is 0 Å². The highest BCUT2D eigenvalue weighted by Gasteiger charge is 2.42. The Balaban J connectivity index is 1.34. The van der Waals surface area contributed by atoms with Gasteiger partial charge in [-0.15, -0.1) is 0 Å². The molecule has 2 fully saturated rings. The molecule has 0 bridgehead atoms. The molecule has 0 radical (unpaired) electrons. The van der Waals surface area contributed by atoms with Crippen molar-refractivity contribution >= 4 is 29.6 Å². The van der Waals surface area contributed by atoms with Crippen molar-refractivity contribution in [1.29, 1.82) is 0 Å². The Morgan fingerprint density at radius 1 is 0.939 bits per heavy atom. The van der Waals surface area contributed by atoms with E-state index in [9.17, 15) is 14.4 Å². The van der Waals surface area contributed by atoms with E-state index in [-0.39, 0.29) is 29.9 Å². The van der Waals surface area contributed by atoms with Crippen molar-refractivity contribution in [3.8, 4) is 0 Å². The molecule has 0 saturated carbocycles. The lowest BCUT2D eigenvalue weighted by Crippen LogP contribution is -2.36. The monoisotopic (exact) mass is 481 g/mol. The summed E-state index contributed by atoms with van der Waals surface area (Å²) >= 11 is 1.91. The van der Waals surface area contributed by atoms with Gasteiger partial charge < -0.3 is 21.3 Å². The summed E-state index contributed by atoms with van der Waals surface area (Å²) in [4.78, 5) is 37.9. The first-order valence-corrected chi connectivity index (χ1v) is 13.4. The minimum atomic E-state index is -0.0537. The molecular formula is C22H39N7O3S. The number of fused-ring (bicyclic) bond motifs is 1. The van der Waals surface area contributed by atoms with Gasteiger partial charge in [-0.2, -0.15) is 11.8 Å². The zero-order chi connectivity index (χ0) is 23.7. The Labute approximate surface area is 200 Å². The molecule has 186 valence electrons. The van der Waals surface area contributed by atoms with Gasteiger partial charge in [0.2, 0.25) is 11.8 Å². The number of carbonyl (C=O) groups excluding carboxylic acids is 3. The molecule has 0 aromatic rings. The van der Waals surface area contributed by atoms with Crippen LogP contribution in [0.15, 0.2) is 5.11 Å². The number of unbranched alkanes of at least 4 members (excludes halogenated alkanes) is 6. The number of urea groups is 1. The number of thioether (sulfide) groups is 1. The van der Waals surface area contributed by atoms with Crippen LogP contribution in [-0.4, -0.2) is 60.6 Å². The fraction of sp³-hybridized carbons (Fsp3) is 0.864. The molecular weight excluding hydrogens is 442 g/mol. The summed E-state index contributed by atoms with van der Waals surface area (Å²) < 4.78 is 0. The molecule has 0 unspecified atom stereocenters. The molecule has 0 aromatic heterocycles. The topological polar surface area (TPSA) is 148 Å². The van der Waals surface area contributed by atoms with Crippen LogP contribution in [0.3, 0.4) is 0 Å². The first kappa shape index (κ1) is 27.1. The molecule has 2 aliphatic heterocycles. The van der Waals surface area contributed by atoms with Crippen LogP contribution in [0.4, 0.5) is 4.79 Å². The zero-order valence-corrected chi connectivity index (χ0v) is 20.3. The molecule has 0 spiro atoms. The van der Waals surface area contributed by atoms with Crippen molar-refractivity contribution in [1.82, 2.24) is 21.3 Å². The van der Waals surface area contributed by atoms with Crippen molar-refractivity contribution in [3.63, 3.8) is 0 Å². The van der Waals surface area contributed by atoms with Crippen molar-refractivity contribution < 1.29 is 14.4 Å². The highest BCUT2D eigenvalue weighted by atomic mass is 32.2. The molecule has 0 aliphatic carbocycles. The van der Waals surface area contributed by atoms with Gasteiger partial charge >= 0.3 is 6.03 Å². The lowest BCUT2D eigenvalue weighted by molar-refractivity contribution is -0.122. The number of carbonyl (C=O) groups is 3. The summed E-state index contributed by atoms with van der Waals surface area (Å²) in [6.07, 6.45) is 10.5. The lowest BCUT2D eigenvalue weighted by Gasteiger charge is -2.16. The van der Waals surface area contributed by atoms with Gasteiger partial charge in [0.1, 0.15) is 0 Å². The smallest absolute Gasteiger partial charge is 0.315 e. The number of nitrogens with one attached hydrogen (secondary N) is 4. The van der Waals surface area contributed by atoms with Gasteiger partial charge in [0.15, 0.2) is 0 Å². The van der Waals surface area contributed by atoms with Crippen LogP contribution in [0.1, 0.15) is 77.0 Å².